The molecule has 0 spiro atoms. The molecule has 0 fully saturated rings. The second-order valence-corrected chi connectivity index (χ2v) is 19.1. The predicted octanol–water partition coefficient (Wildman–Crippen LogP) is 19.4. The molecule has 0 heterocycles. The highest BCUT2D eigenvalue weighted by Gasteiger charge is 2.08. The van der Waals surface area contributed by atoms with Gasteiger partial charge in [0.15, 0.2) is 5.96 Å². The number of guanidine groups is 1. The molecule has 58 heavy (non-hydrogen) atoms. The van der Waals surface area contributed by atoms with Crippen LogP contribution in [-0.2, 0) is 0 Å². The van der Waals surface area contributed by atoms with Gasteiger partial charge >= 0.3 is 0 Å². The fourth-order valence-corrected chi connectivity index (χ4v) is 9.00. The number of aliphatic imine (C=N–C) groups is 1. The van der Waals surface area contributed by atoms with E-state index in [2.05, 4.69) is 25.7 Å². The van der Waals surface area contributed by atoms with E-state index in [9.17, 15) is 0 Å². The minimum Gasteiger partial charge on any atom is -0.370 e. The summed E-state index contributed by atoms with van der Waals surface area (Å²) in [6, 6.07) is 0. The Morgan fingerprint density at radius 1 is 0.259 bits per heavy atom. The van der Waals surface area contributed by atoms with E-state index < -0.39 is 0 Å². The van der Waals surface area contributed by atoms with Crippen molar-refractivity contribution < 1.29 is 0 Å². The van der Waals surface area contributed by atoms with Crippen molar-refractivity contribution in [2.24, 2.45) is 10.7 Å². The fraction of sp³-hybridized carbons (Fsp3) is 0.982. The number of nitrogens with zero attached hydrogens (tertiary/aromatic N) is 2. The summed E-state index contributed by atoms with van der Waals surface area (Å²) in [4.78, 5) is 7.39. The van der Waals surface area contributed by atoms with E-state index in [0.29, 0.717) is 0 Å². The maximum Gasteiger partial charge on any atom is 0.191 e. The Morgan fingerprint density at radius 2 is 0.431 bits per heavy atom. The lowest BCUT2D eigenvalue weighted by molar-refractivity contribution is 0.378. The van der Waals surface area contributed by atoms with Gasteiger partial charge in [0.2, 0.25) is 0 Å². The van der Waals surface area contributed by atoms with E-state index in [1.807, 2.05) is 0 Å². The Hall–Kier alpha value is -0.730. The standard InChI is InChI=1S/C55H113N3/c1-4-7-10-13-16-19-22-25-28-31-34-37-40-43-46-49-52-57-55(56)58(53-50-47-44-41-38-35-32-29-26-23-20-17-14-11-8-5-2)54-51-48-45-42-39-36-33-30-27-24-21-18-15-12-9-6-3/h4-54H2,1-3H3,(H2,56,57). The van der Waals surface area contributed by atoms with Crippen molar-refractivity contribution in [3.8, 4) is 0 Å². The third-order valence-corrected chi connectivity index (χ3v) is 13.2. The van der Waals surface area contributed by atoms with E-state index in [1.54, 1.807) is 0 Å². The Balaban J connectivity index is 4.14. The zero-order valence-corrected chi connectivity index (χ0v) is 41.0. The van der Waals surface area contributed by atoms with Crippen molar-refractivity contribution in [3.05, 3.63) is 0 Å². The molecule has 0 aromatic heterocycles. The van der Waals surface area contributed by atoms with Crippen LogP contribution in [0.2, 0.25) is 0 Å². The summed E-state index contributed by atoms with van der Waals surface area (Å²) in [5, 5.41) is 0. The smallest absolute Gasteiger partial charge is 0.191 e. The van der Waals surface area contributed by atoms with Gasteiger partial charge in [0.05, 0.1) is 0 Å². The van der Waals surface area contributed by atoms with Crippen LogP contribution >= 0.6 is 0 Å². The molecular weight excluding hydrogens is 703 g/mol. The monoisotopic (exact) mass is 816 g/mol. The van der Waals surface area contributed by atoms with Gasteiger partial charge in [0.25, 0.3) is 0 Å². The lowest BCUT2D eigenvalue weighted by Gasteiger charge is -2.24. The van der Waals surface area contributed by atoms with Gasteiger partial charge in [-0.2, -0.15) is 0 Å². The molecule has 0 aliphatic carbocycles. The normalized spacial score (nSPS) is 11.9. The third-order valence-electron chi connectivity index (χ3n) is 13.2. The van der Waals surface area contributed by atoms with Crippen molar-refractivity contribution in [2.45, 2.75) is 329 Å². The van der Waals surface area contributed by atoms with Crippen molar-refractivity contribution in [1.29, 1.82) is 0 Å². The molecule has 0 atom stereocenters. The minimum atomic E-state index is 0.836. The van der Waals surface area contributed by atoms with Crippen molar-refractivity contribution >= 4 is 5.96 Å². The molecule has 0 saturated carbocycles. The first-order valence-corrected chi connectivity index (χ1v) is 27.8. The maximum atomic E-state index is 6.69. The number of hydrogen-bond acceptors (Lipinski definition) is 1. The van der Waals surface area contributed by atoms with Gasteiger partial charge in [-0.3, -0.25) is 4.99 Å². The number of hydrogen-bond donors (Lipinski definition) is 1. The van der Waals surface area contributed by atoms with Gasteiger partial charge in [0, 0.05) is 19.6 Å². The lowest BCUT2D eigenvalue weighted by Crippen LogP contribution is -2.39. The average molecular weight is 817 g/mol. The minimum absolute atomic E-state index is 0.836. The van der Waals surface area contributed by atoms with Crippen LogP contribution in [0.15, 0.2) is 4.99 Å². The molecule has 348 valence electrons. The highest BCUT2D eigenvalue weighted by Crippen LogP contribution is 2.17. The van der Waals surface area contributed by atoms with Crippen LogP contribution in [0.25, 0.3) is 0 Å². The molecule has 0 aromatic carbocycles. The molecule has 0 amide bonds. The summed E-state index contributed by atoms with van der Waals surface area (Å²) in [5.74, 6) is 0.836. The highest BCUT2D eigenvalue weighted by atomic mass is 15.2. The zero-order valence-electron chi connectivity index (χ0n) is 41.0. The second-order valence-electron chi connectivity index (χ2n) is 19.1. The van der Waals surface area contributed by atoms with Crippen LogP contribution in [0, 0.1) is 0 Å². The SMILES string of the molecule is CCCCCCCCCCCCCCCCCCN=C(N)N(CCCCCCCCCCCCCCCCCC)CCCCCCCCCCCCCCCCCC. The molecule has 0 saturated heterocycles. The van der Waals surface area contributed by atoms with Crippen molar-refractivity contribution in [1.82, 2.24) is 4.90 Å². The molecule has 0 aliphatic heterocycles. The Morgan fingerprint density at radius 3 is 0.638 bits per heavy atom. The molecule has 0 aliphatic rings. The Bertz CT molecular complexity index is 713. The van der Waals surface area contributed by atoms with Crippen molar-refractivity contribution in [2.75, 3.05) is 19.6 Å². The van der Waals surface area contributed by atoms with E-state index in [1.165, 1.54) is 308 Å². The van der Waals surface area contributed by atoms with Crippen molar-refractivity contribution in [3.63, 3.8) is 0 Å². The predicted molar refractivity (Wildman–Crippen MR) is 267 cm³/mol. The van der Waals surface area contributed by atoms with Gasteiger partial charge in [-0.25, -0.2) is 0 Å². The lowest BCUT2D eigenvalue weighted by atomic mass is 10.0. The van der Waals surface area contributed by atoms with Crippen LogP contribution in [0.1, 0.15) is 329 Å². The first-order chi connectivity index (χ1) is 28.8. The molecular formula is C55H113N3. The van der Waals surface area contributed by atoms with E-state index in [-0.39, 0.29) is 0 Å². The van der Waals surface area contributed by atoms with E-state index in [0.717, 1.165) is 25.6 Å². The first kappa shape index (κ1) is 57.3. The van der Waals surface area contributed by atoms with Crippen LogP contribution in [-0.4, -0.2) is 30.5 Å². The van der Waals surface area contributed by atoms with Crippen LogP contribution < -0.4 is 5.73 Å². The largest absolute Gasteiger partial charge is 0.370 e. The van der Waals surface area contributed by atoms with Crippen LogP contribution in [0.5, 0.6) is 0 Å². The summed E-state index contributed by atoms with van der Waals surface area (Å²) < 4.78 is 0. The number of unbranched alkanes of at least 4 members (excludes halogenated alkanes) is 45. The Kier molecular flexibility index (Phi) is 51.7. The molecule has 0 bridgehead atoms. The molecule has 3 nitrogen and oxygen atoms in total. The van der Waals surface area contributed by atoms with Crippen LogP contribution in [0.3, 0.4) is 0 Å². The summed E-state index contributed by atoms with van der Waals surface area (Å²) in [6.07, 6.45) is 68.2. The Labute approximate surface area is 368 Å². The van der Waals surface area contributed by atoms with Gasteiger partial charge in [-0.1, -0.05) is 310 Å². The molecule has 0 radical (unpaired) electrons. The quantitative estimate of drug-likeness (QED) is 0.0377. The van der Waals surface area contributed by atoms with Gasteiger partial charge in [-0.15, -0.1) is 0 Å². The molecule has 0 rings (SSSR count). The molecule has 0 aromatic rings. The molecule has 2 N–H and O–H groups in total. The van der Waals surface area contributed by atoms with Gasteiger partial charge in [-0.05, 0) is 19.3 Å². The number of nitrogens with two attached hydrogens (primary N) is 1. The highest BCUT2D eigenvalue weighted by molar-refractivity contribution is 5.78. The average Bonchev–Trinajstić information content (AvgIpc) is 3.23. The summed E-state index contributed by atoms with van der Waals surface area (Å²) in [5.41, 5.74) is 6.69. The number of rotatable bonds is 51. The molecule has 0 unspecified atom stereocenters. The van der Waals surface area contributed by atoms with E-state index >= 15 is 0 Å². The topological polar surface area (TPSA) is 41.6 Å². The maximum absolute atomic E-state index is 6.69. The third kappa shape index (κ3) is 47.9. The first-order valence-electron chi connectivity index (χ1n) is 27.8. The fourth-order valence-electron chi connectivity index (χ4n) is 9.00. The van der Waals surface area contributed by atoms with Gasteiger partial charge < -0.3 is 10.6 Å². The molecule has 3 heteroatoms. The second kappa shape index (κ2) is 52.4. The van der Waals surface area contributed by atoms with Crippen LogP contribution in [0.4, 0.5) is 0 Å². The van der Waals surface area contributed by atoms with Gasteiger partial charge in [0.1, 0.15) is 0 Å². The summed E-state index contributed by atoms with van der Waals surface area (Å²) in [6.45, 7) is 10.1. The summed E-state index contributed by atoms with van der Waals surface area (Å²) in [7, 11) is 0. The zero-order chi connectivity index (χ0) is 41.9. The van der Waals surface area contributed by atoms with E-state index in [4.69, 9.17) is 10.7 Å². The summed E-state index contributed by atoms with van der Waals surface area (Å²) >= 11 is 0.